The largest absolute Gasteiger partial charge is 2.00 e. The Morgan fingerprint density at radius 2 is 1.83 bits per heavy atom. The second kappa shape index (κ2) is 9.59. The van der Waals surface area contributed by atoms with E-state index in [0.717, 1.165) is 6.07 Å². The minimum absolute atomic E-state index is 0. The molecule has 0 aliphatic heterocycles. The number of carboxylic acid groups (broad SMARTS) is 1. The third kappa shape index (κ3) is 4.93. The number of nitrogens with zero attached hydrogens (tertiary/aromatic N) is 2. The van der Waals surface area contributed by atoms with E-state index in [1.54, 1.807) is 31.2 Å². The number of carboxylic acids is 1. The van der Waals surface area contributed by atoms with E-state index in [0.29, 0.717) is 22.8 Å². The molecule has 0 heterocycles. The van der Waals surface area contributed by atoms with Gasteiger partial charge in [0.2, 0.25) is 0 Å². The molecule has 0 aliphatic carbocycles. The number of halogens is 1. The summed E-state index contributed by atoms with van der Waals surface area (Å²) < 4.78 is 34.8. The standard InChI is InChI=1S/C19H15ClN2O6S.Ca/c1-2-10-8-15(16(9-14(10)20)29(26,27)28)21-22-17-12-6-4-3-5-11(12)7-13(18(17)23)19(24)25;/h3-9,23H,2H2,1H3,(H,24,25)(H,26,27,28);/q;+2/p-2. The molecule has 3 rings (SSSR count). The van der Waals surface area contributed by atoms with Crippen LogP contribution in [0.3, 0.4) is 0 Å². The number of aryl methyl sites for hydroxylation is 1. The van der Waals surface area contributed by atoms with Crippen molar-refractivity contribution in [1.82, 2.24) is 0 Å². The first-order valence-electron chi connectivity index (χ1n) is 8.29. The van der Waals surface area contributed by atoms with E-state index in [9.17, 15) is 28.0 Å². The minimum Gasteiger partial charge on any atom is -0.870 e. The van der Waals surface area contributed by atoms with Crippen LogP contribution in [0.4, 0.5) is 11.4 Å². The molecule has 8 nitrogen and oxygen atoms in total. The van der Waals surface area contributed by atoms with Crippen molar-refractivity contribution in [3.8, 4) is 5.75 Å². The Balaban J connectivity index is 0.00000320. The van der Waals surface area contributed by atoms with Crippen molar-refractivity contribution >= 4 is 87.6 Å². The van der Waals surface area contributed by atoms with Gasteiger partial charge in [0.15, 0.2) is 0 Å². The summed E-state index contributed by atoms with van der Waals surface area (Å²) in [5, 5.41) is 30.3. The van der Waals surface area contributed by atoms with Gasteiger partial charge in [0.25, 0.3) is 0 Å². The normalized spacial score (nSPS) is 11.6. The molecular weight excluding hydrogens is 460 g/mol. The van der Waals surface area contributed by atoms with Gasteiger partial charge >= 0.3 is 43.7 Å². The summed E-state index contributed by atoms with van der Waals surface area (Å²) in [6.45, 7) is 1.77. The summed E-state index contributed by atoms with van der Waals surface area (Å²) >= 11 is 5.99. The number of benzene rings is 3. The van der Waals surface area contributed by atoms with Crippen molar-refractivity contribution < 1.29 is 28.0 Å². The summed E-state index contributed by atoms with van der Waals surface area (Å²) in [7, 11) is -4.92. The predicted molar refractivity (Wildman–Crippen MR) is 109 cm³/mol. The molecule has 11 heteroatoms. The first-order chi connectivity index (χ1) is 13.6. The third-order valence-electron chi connectivity index (χ3n) is 4.24. The van der Waals surface area contributed by atoms with E-state index >= 15 is 0 Å². The first kappa shape index (κ1) is 24.5. The van der Waals surface area contributed by atoms with E-state index in [-0.39, 0.29) is 54.1 Å². The number of hydrogen-bond donors (Lipinski definition) is 1. The van der Waals surface area contributed by atoms with Gasteiger partial charge in [-0.25, -0.2) is 13.2 Å². The molecule has 0 saturated carbocycles. The maximum atomic E-state index is 12.6. The summed E-state index contributed by atoms with van der Waals surface area (Å²) in [6.07, 6.45) is 0.435. The van der Waals surface area contributed by atoms with Crippen molar-refractivity contribution in [3.05, 3.63) is 58.6 Å². The van der Waals surface area contributed by atoms with Crippen LogP contribution in [0.25, 0.3) is 10.8 Å². The second-order valence-electron chi connectivity index (χ2n) is 6.05. The molecule has 0 atom stereocenters. The average molecular weight is 473 g/mol. The fourth-order valence-electron chi connectivity index (χ4n) is 2.81. The van der Waals surface area contributed by atoms with Crippen LogP contribution in [-0.2, 0) is 16.5 Å². The molecule has 1 N–H and O–H groups in total. The van der Waals surface area contributed by atoms with E-state index in [2.05, 4.69) is 10.2 Å². The van der Waals surface area contributed by atoms with Gasteiger partial charge in [-0.15, -0.1) is 5.11 Å². The van der Waals surface area contributed by atoms with Crippen molar-refractivity contribution in [2.45, 2.75) is 18.2 Å². The summed E-state index contributed by atoms with van der Waals surface area (Å²) in [5.41, 5.74) is -0.535. The number of azo groups is 1. The quantitative estimate of drug-likeness (QED) is 0.340. The van der Waals surface area contributed by atoms with Crippen molar-refractivity contribution in [2.75, 3.05) is 0 Å². The van der Waals surface area contributed by atoms with E-state index < -0.39 is 32.3 Å². The second-order valence-corrected chi connectivity index (χ2v) is 7.80. The summed E-state index contributed by atoms with van der Waals surface area (Å²) in [5.74, 6) is -2.31. The smallest absolute Gasteiger partial charge is 0.870 e. The van der Waals surface area contributed by atoms with Crippen LogP contribution in [0.5, 0.6) is 5.75 Å². The third-order valence-corrected chi connectivity index (χ3v) is 5.46. The fraction of sp³-hybridized carbons (Fsp3) is 0.105. The molecule has 0 aliphatic rings. The van der Waals surface area contributed by atoms with Gasteiger partial charge < -0.3 is 14.8 Å². The zero-order valence-corrected chi connectivity index (χ0v) is 19.4. The van der Waals surface area contributed by atoms with Crippen molar-refractivity contribution in [1.29, 1.82) is 0 Å². The Labute approximate surface area is 207 Å². The van der Waals surface area contributed by atoms with Gasteiger partial charge in [-0.05, 0) is 35.6 Å². The van der Waals surface area contributed by atoms with Crippen LogP contribution in [-0.4, -0.2) is 61.8 Å². The van der Waals surface area contributed by atoms with Gasteiger partial charge in [-0.3, -0.25) is 0 Å². The van der Waals surface area contributed by atoms with Gasteiger partial charge in [0.05, 0.1) is 16.1 Å². The van der Waals surface area contributed by atoms with E-state index in [1.807, 2.05) is 0 Å². The molecule has 30 heavy (non-hydrogen) atoms. The van der Waals surface area contributed by atoms with Crippen LogP contribution in [0.1, 0.15) is 22.8 Å². The number of aromatic carboxylic acids is 1. The van der Waals surface area contributed by atoms with Crippen LogP contribution in [0.15, 0.2) is 57.6 Å². The predicted octanol–water partition coefficient (Wildman–Crippen LogP) is 3.77. The topological polar surface area (TPSA) is 142 Å². The molecule has 0 spiro atoms. The molecule has 0 aromatic heterocycles. The maximum absolute atomic E-state index is 12.6. The molecule has 0 bridgehead atoms. The number of carbonyl (C=O) groups is 1. The van der Waals surface area contributed by atoms with Gasteiger partial charge in [0, 0.05) is 10.4 Å². The van der Waals surface area contributed by atoms with Crippen molar-refractivity contribution in [3.63, 3.8) is 0 Å². The monoisotopic (exact) mass is 472 g/mol. The maximum Gasteiger partial charge on any atom is 2.00 e. The minimum atomic E-state index is -4.92. The summed E-state index contributed by atoms with van der Waals surface area (Å²) in [4.78, 5) is 10.7. The Morgan fingerprint density at radius 3 is 2.43 bits per heavy atom. The van der Waals surface area contributed by atoms with Crippen LogP contribution in [0, 0.1) is 0 Å². The Bertz CT molecular complexity index is 1280. The molecule has 0 radical (unpaired) electrons. The zero-order valence-electron chi connectivity index (χ0n) is 15.6. The number of hydrogen-bond acceptors (Lipinski definition) is 7. The molecule has 0 fully saturated rings. The van der Waals surface area contributed by atoms with Crippen molar-refractivity contribution in [2.24, 2.45) is 10.2 Å². The van der Waals surface area contributed by atoms with Gasteiger partial charge in [-0.2, -0.15) is 5.11 Å². The Morgan fingerprint density at radius 1 is 1.17 bits per heavy atom. The first-order valence-corrected chi connectivity index (χ1v) is 10.1. The van der Waals surface area contributed by atoms with Gasteiger partial charge in [-0.1, -0.05) is 48.5 Å². The molecule has 0 unspecified atom stereocenters. The van der Waals surface area contributed by atoms with E-state index in [1.165, 1.54) is 12.1 Å². The average Bonchev–Trinajstić information content (AvgIpc) is 2.66. The molecular formula is C19H13CaClN2O6S. The van der Waals surface area contributed by atoms with Crippen LogP contribution in [0.2, 0.25) is 5.02 Å². The van der Waals surface area contributed by atoms with Gasteiger partial charge in [0.1, 0.15) is 15.8 Å². The van der Waals surface area contributed by atoms with Crippen LogP contribution < -0.4 is 5.11 Å². The summed E-state index contributed by atoms with van der Waals surface area (Å²) in [6, 6.07) is 9.96. The Hall–Kier alpha value is -1.75. The Kier molecular flexibility index (Phi) is 7.84. The zero-order chi connectivity index (χ0) is 21.3. The van der Waals surface area contributed by atoms with Crippen LogP contribution >= 0.6 is 11.6 Å². The SMILES string of the molecule is CCc1cc(N=Nc2c([O-])c(C(=O)O)cc3ccccc23)c(S(=O)(=O)[O-])cc1Cl.[Ca+2]. The fourth-order valence-corrected chi connectivity index (χ4v) is 3.79. The number of fused-ring (bicyclic) bond motifs is 1. The molecule has 150 valence electrons. The van der Waals surface area contributed by atoms with E-state index in [4.69, 9.17) is 11.6 Å². The molecule has 0 amide bonds. The number of rotatable bonds is 5. The molecule has 0 saturated heterocycles. The molecule has 3 aromatic carbocycles. The molecule has 3 aromatic rings.